The topological polar surface area (TPSA) is 92.6 Å². The van der Waals surface area contributed by atoms with Gasteiger partial charge in [-0.3, -0.25) is 19.7 Å². The maximum absolute atomic E-state index is 12.7. The molecule has 0 saturated heterocycles. The lowest BCUT2D eigenvalue weighted by Crippen LogP contribution is -2.38. The number of non-ortho nitro benzene ring substituents is 1. The molecule has 0 aliphatic rings. The Balaban J connectivity index is 2.13. The van der Waals surface area contributed by atoms with Crippen molar-refractivity contribution in [3.63, 3.8) is 0 Å². The molecular formula is C19H21N3O4. The molecule has 136 valence electrons. The van der Waals surface area contributed by atoms with Gasteiger partial charge >= 0.3 is 0 Å². The molecule has 1 N–H and O–H groups in total. The molecule has 0 bridgehead atoms. The van der Waals surface area contributed by atoms with E-state index in [1.807, 2.05) is 32.0 Å². The van der Waals surface area contributed by atoms with Crippen LogP contribution in [0.4, 0.5) is 11.4 Å². The number of nitro benzene ring substituents is 1. The first-order valence-electron chi connectivity index (χ1n) is 8.31. The average molecular weight is 355 g/mol. The molecule has 0 aliphatic heterocycles. The summed E-state index contributed by atoms with van der Waals surface area (Å²) < 4.78 is 0. The summed E-state index contributed by atoms with van der Waals surface area (Å²) >= 11 is 0. The van der Waals surface area contributed by atoms with Crippen molar-refractivity contribution < 1.29 is 14.5 Å². The Labute approximate surface area is 151 Å². The minimum Gasteiger partial charge on any atom is -0.329 e. The third kappa shape index (κ3) is 4.89. The molecule has 0 fully saturated rings. The van der Waals surface area contributed by atoms with Crippen molar-refractivity contribution in [2.45, 2.75) is 20.3 Å². The Morgan fingerprint density at radius 2 is 1.88 bits per heavy atom. The Morgan fingerprint density at radius 1 is 1.15 bits per heavy atom. The Morgan fingerprint density at radius 3 is 2.54 bits per heavy atom. The number of amides is 2. The van der Waals surface area contributed by atoms with Crippen LogP contribution >= 0.6 is 0 Å². The van der Waals surface area contributed by atoms with Crippen LogP contribution in [0.25, 0.3) is 0 Å². The van der Waals surface area contributed by atoms with E-state index >= 15 is 0 Å². The summed E-state index contributed by atoms with van der Waals surface area (Å²) in [6.07, 6.45) is 0.665. The number of benzene rings is 2. The number of para-hydroxylation sites is 1. The lowest BCUT2D eigenvalue weighted by atomic mass is 10.1. The SMILES string of the molecule is CCCN(CC(=O)Nc1ccccc1C)C(=O)c1cccc([N+](=O)[O-])c1. The highest BCUT2D eigenvalue weighted by atomic mass is 16.6. The molecule has 2 rings (SSSR count). The van der Waals surface area contributed by atoms with Gasteiger partial charge in [-0.25, -0.2) is 0 Å². The molecule has 26 heavy (non-hydrogen) atoms. The van der Waals surface area contributed by atoms with E-state index in [-0.39, 0.29) is 23.7 Å². The first kappa shape index (κ1) is 19.1. The number of anilines is 1. The monoisotopic (exact) mass is 355 g/mol. The zero-order valence-electron chi connectivity index (χ0n) is 14.8. The maximum Gasteiger partial charge on any atom is 0.270 e. The van der Waals surface area contributed by atoms with E-state index in [1.54, 1.807) is 6.07 Å². The second kappa shape index (κ2) is 8.75. The third-order valence-electron chi connectivity index (χ3n) is 3.84. The van der Waals surface area contributed by atoms with E-state index in [2.05, 4.69) is 5.32 Å². The molecule has 0 heterocycles. The summed E-state index contributed by atoms with van der Waals surface area (Å²) in [6.45, 7) is 4.03. The minimum absolute atomic E-state index is 0.121. The molecule has 2 aromatic rings. The number of aryl methyl sites for hydroxylation is 1. The van der Waals surface area contributed by atoms with Crippen LogP contribution in [0.15, 0.2) is 48.5 Å². The first-order chi connectivity index (χ1) is 12.4. The van der Waals surface area contributed by atoms with Gasteiger partial charge in [0.15, 0.2) is 0 Å². The van der Waals surface area contributed by atoms with E-state index in [0.717, 1.165) is 5.56 Å². The fraction of sp³-hybridized carbons (Fsp3) is 0.263. The number of nitrogens with zero attached hydrogens (tertiary/aromatic N) is 2. The van der Waals surface area contributed by atoms with Gasteiger partial charge in [0.1, 0.15) is 6.54 Å². The van der Waals surface area contributed by atoms with Gasteiger partial charge in [-0.1, -0.05) is 31.2 Å². The highest BCUT2D eigenvalue weighted by molar-refractivity contribution is 5.99. The highest BCUT2D eigenvalue weighted by Gasteiger charge is 2.20. The van der Waals surface area contributed by atoms with Crippen LogP contribution in [-0.4, -0.2) is 34.7 Å². The van der Waals surface area contributed by atoms with Crippen molar-refractivity contribution >= 4 is 23.2 Å². The molecule has 0 aliphatic carbocycles. The summed E-state index contributed by atoms with van der Waals surface area (Å²) in [7, 11) is 0. The normalized spacial score (nSPS) is 10.2. The quantitative estimate of drug-likeness (QED) is 0.608. The van der Waals surface area contributed by atoms with Crippen LogP contribution in [0.5, 0.6) is 0 Å². The van der Waals surface area contributed by atoms with Gasteiger partial charge in [0.05, 0.1) is 4.92 Å². The number of rotatable bonds is 7. The van der Waals surface area contributed by atoms with Crippen molar-refractivity contribution in [3.8, 4) is 0 Å². The van der Waals surface area contributed by atoms with Gasteiger partial charge in [0.2, 0.25) is 5.91 Å². The largest absolute Gasteiger partial charge is 0.329 e. The Bertz CT molecular complexity index is 820. The lowest BCUT2D eigenvalue weighted by Gasteiger charge is -2.22. The zero-order chi connectivity index (χ0) is 19.1. The van der Waals surface area contributed by atoms with Crippen molar-refractivity contribution in [2.24, 2.45) is 0 Å². The minimum atomic E-state index is -0.550. The third-order valence-corrected chi connectivity index (χ3v) is 3.84. The van der Waals surface area contributed by atoms with Crippen LogP contribution < -0.4 is 5.32 Å². The zero-order valence-corrected chi connectivity index (χ0v) is 14.8. The van der Waals surface area contributed by atoms with E-state index in [9.17, 15) is 19.7 Å². The summed E-state index contributed by atoms with van der Waals surface area (Å²) in [5.74, 6) is -0.720. The molecule has 0 unspecified atom stereocenters. The predicted molar refractivity (Wildman–Crippen MR) is 99.1 cm³/mol. The Kier molecular flexibility index (Phi) is 6.43. The molecule has 2 amide bonds. The number of nitrogens with one attached hydrogen (secondary N) is 1. The smallest absolute Gasteiger partial charge is 0.270 e. The molecular weight excluding hydrogens is 334 g/mol. The van der Waals surface area contributed by atoms with E-state index in [1.165, 1.54) is 29.2 Å². The van der Waals surface area contributed by atoms with E-state index < -0.39 is 10.8 Å². The van der Waals surface area contributed by atoms with Gasteiger partial charge < -0.3 is 10.2 Å². The van der Waals surface area contributed by atoms with Gasteiger partial charge in [-0.05, 0) is 31.0 Å². The molecule has 0 radical (unpaired) electrons. The predicted octanol–water partition coefficient (Wildman–Crippen LogP) is 3.39. The van der Waals surface area contributed by atoms with Crippen LogP contribution in [0.1, 0.15) is 29.3 Å². The molecule has 2 aromatic carbocycles. The van der Waals surface area contributed by atoms with Gasteiger partial charge in [-0.2, -0.15) is 0 Å². The molecule has 7 heteroatoms. The van der Waals surface area contributed by atoms with Crippen LogP contribution in [0, 0.1) is 17.0 Å². The average Bonchev–Trinajstić information content (AvgIpc) is 2.62. The second-order valence-corrected chi connectivity index (χ2v) is 5.90. The van der Waals surface area contributed by atoms with Crippen LogP contribution in [-0.2, 0) is 4.79 Å². The van der Waals surface area contributed by atoms with Crippen LogP contribution in [0.3, 0.4) is 0 Å². The fourth-order valence-corrected chi connectivity index (χ4v) is 2.53. The summed E-state index contributed by atoms with van der Waals surface area (Å²) in [4.78, 5) is 36.8. The van der Waals surface area contributed by atoms with Gasteiger partial charge in [0, 0.05) is 29.9 Å². The first-order valence-corrected chi connectivity index (χ1v) is 8.31. The van der Waals surface area contributed by atoms with Crippen molar-refractivity contribution in [3.05, 3.63) is 69.8 Å². The fourth-order valence-electron chi connectivity index (χ4n) is 2.53. The molecule has 0 aromatic heterocycles. The van der Waals surface area contributed by atoms with Gasteiger partial charge in [0.25, 0.3) is 11.6 Å². The summed E-state index contributed by atoms with van der Waals surface area (Å²) in [5, 5.41) is 13.7. The molecule has 0 spiro atoms. The Hall–Kier alpha value is -3.22. The van der Waals surface area contributed by atoms with Crippen LogP contribution in [0.2, 0.25) is 0 Å². The highest BCUT2D eigenvalue weighted by Crippen LogP contribution is 2.16. The molecule has 0 saturated carbocycles. The standard InChI is InChI=1S/C19H21N3O4/c1-3-11-21(13-18(23)20-17-10-5-4-7-14(17)2)19(24)15-8-6-9-16(12-15)22(25)26/h4-10,12H,3,11,13H2,1-2H3,(H,20,23). The number of carbonyl (C=O) groups is 2. The number of hydrogen-bond donors (Lipinski definition) is 1. The lowest BCUT2D eigenvalue weighted by molar-refractivity contribution is -0.384. The van der Waals surface area contributed by atoms with E-state index in [0.29, 0.717) is 18.7 Å². The van der Waals surface area contributed by atoms with Crippen molar-refractivity contribution in [1.29, 1.82) is 0 Å². The summed E-state index contributed by atoms with van der Waals surface area (Å²) in [6, 6.07) is 12.9. The number of nitro groups is 1. The van der Waals surface area contributed by atoms with Crippen molar-refractivity contribution in [2.75, 3.05) is 18.4 Å². The maximum atomic E-state index is 12.7. The second-order valence-electron chi connectivity index (χ2n) is 5.90. The summed E-state index contributed by atoms with van der Waals surface area (Å²) in [5.41, 5.74) is 1.65. The van der Waals surface area contributed by atoms with Gasteiger partial charge in [-0.15, -0.1) is 0 Å². The number of carbonyl (C=O) groups excluding carboxylic acids is 2. The molecule has 7 nitrogen and oxygen atoms in total. The molecule has 0 atom stereocenters. The number of hydrogen-bond acceptors (Lipinski definition) is 4. The van der Waals surface area contributed by atoms with E-state index in [4.69, 9.17) is 0 Å². The van der Waals surface area contributed by atoms with Crippen molar-refractivity contribution in [1.82, 2.24) is 4.90 Å².